The Bertz CT molecular complexity index is 629. The average Bonchev–Trinajstić information content (AvgIpc) is 2.59. The molecule has 0 bridgehead atoms. The van der Waals surface area contributed by atoms with Gasteiger partial charge in [-0.2, -0.15) is 5.10 Å². The van der Waals surface area contributed by atoms with Crippen LogP contribution in [0.1, 0.15) is 50.5 Å². The number of rotatable bonds is 4. The molecule has 1 saturated carbocycles. The number of hydrazone groups is 1. The number of benzene rings is 1. The van der Waals surface area contributed by atoms with Crippen LogP contribution in [0.3, 0.4) is 0 Å². The maximum absolute atomic E-state index is 14.4. The molecule has 2 aliphatic heterocycles. The lowest BCUT2D eigenvalue weighted by molar-refractivity contribution is 0.0460. The second-order valence-electron chi connectivity index (χ2n) is 7.28. The Hall–Kier alpha value is -1.69. The fraction of sp³-hybridized carbons (Fsp3) is 0.632. The highest BCUT2D eigenvalue weighted by atomic mass is 19.1. The maximum atomic E-state index is 14.4. The Labute approximate surface area is 147 Å². The van der Waals surface area contributed by atoms with Crippen molar-refractivity contribution in [2.24, 2.45) is 5.10 Å². The summed E-state index contributed by atoms with van der Waals surface area (Å²) in [5, 5.41) is 4.15. The van der Waals surface area contributed by atoms with E-state index in [0.717, 1.165) is 51.4 Å². The van der Waals surface area contributed by atoms with Gasteiger partial charge in [-0.1, -0.05) is 6.42 Å². The molecule has 4 rings (SSSR count). The van der Waals surface area contributed by atoms with Gasteiger partial charge in [-0.25, -0.2) is 8.78 Å². The lowest BCUT2D eigenvalue weighted by Gasteiger charge is -2.41. The van der Waals surface area contributed by atoms with E-state index in [4.69, 9.17) is 4.74 Å². The molecule has 0 spiro atoms. The third-order valence-electron chi connectivity index (χ3n) is 5.60. The SMILES string of the molecule is Fc1cc(C2=NNCCC2)cc(F)c1OC1CCN(C2CCC2)CC1. The van der Waals surface area contributed by atoms with Crippen LogP contribution in [-0.2, 0) is 0 Å². The van der Waals surface area contributed by atoms with Crippen molar-refractivity contribution >= 4 is 5.71 Å². The number of likely N-dealkylation sites (tertiary alicyclic amines) is 1. The van der Waals surface area contributed by atoms with Crippen LogP contribution < -0.4 is 10.2 Å². The summed E-state index contributed by atoms with van der Waals surface area (Å²) >= 11 is 0. The van der Waals surface area contributed by atoms with Gasteiger partial charge in [-0.3, -0.25) is 0 Å². The minimum Gasteiger partial charge on any atom is -0.484 e. The lowest BCUT2D eigenvalue weighted by atomic mass is 9.90. The molecule has 0 atom stereocenters. The molecule has 2 fully saturated rings. The number of nitrogens with one attached hydrogen (secondary N) is 1. The molecule has 25 heavy (non-hydrogen) atoms. The van der Waals surface area contributed by atoms with Crippen LogP contribution in [0.15, 0.2) is 17.2 Å². The molecular formula is C19H25F2N3O. The van der Waals surface area contributed by atoms with Crippen molar-refractivity contribution in [3.05, 3.63) is 29.3 Å². The third kappa shape index (κ3) is 3.64. The molecule has 0 radical (unpaired) electrons. The fourth-order valence-electron chi connectivity index (χ4n) is 3.87. The monoisotopic (exact) mass is 349 g/mol. The van der Waals surface area contributed by atoms with E-state index in [1.165, 1.54) is 31.4 Å². The molecule has 136 valence electrons. The van der Waals surface area contributed by atoms with E-state index in [2.05, 4.69) is 15.4 Å². The third-order valence-corrected chi connectivity index (χ3v) is 5.60. The zero-order valence-corrected chi connectivity index (χ0v) is 14.4. The highest BCUT2D eigenvalue weighted by Gasteiger charge is 2.30. The average molecular weight is 349 g/mol. The number of hydrogen-bond acceptors (Lipinski definition) is 4. The second-order valence-corrected chi connectivity index (χ2v) is 7.28. The van der Waals surface area contributed by atoms with Crippen LogP contribution in [0.4, 0.5) is 8.78 Å². The Kier molecular flexibility index (Phi) is 4.88. The smallest absolute Gasteiger partial charge is 0.191 e. The number of nitrogens with zero attached hydrogens (tertiary/aromatic N) is 2. The Balaban J connectivity index is 1.41. The molecule has 1 aromatic rings. The van der Waals surface area contributed by atoms with Gasteiger partial charge in [0.1, 0.15) is 6.10 Å². The fourth-order valence-corrected chi connectivity index (χ4v) is 3.87. The molecule has 2 heterocycles. The first-order valence-electron chi connectivity index (χ1n) is 9.40. The van der Waals surface area contributed by atoms with E-state index in [1.807, 2.05) is 0 Å². The molecule has 0 aromatic heterocycles. The zero-order valence-electron chi connectivity index (χ0n) is 14.4. The van der Waals surface area contributed by atoms with Crippen LogP contribution in [0.5, 0.6) is 5.75 Å². The maximum Gasteiger partial charge on any atom is 0.191 e. The summed E-state index contributed by atoms with van der Waals surface area (Å²) in [6.45, 7) is 2.72. The summed E-state index contributed by atoms with van der Waals surface area (Å²) in [5.41, 5.74) is 4.08. The number of piperidine rings is 1. The van der Waals surface area contributed by atoms with Crippen molar-refractivity contribution in [1.82, 2.24) is 10.3 Å². The summed E-state index contributed by atoms with van der Waals surface area (Å²) in [6, 6.07) is 3.40. The van der Waals surface area contributed by atoms with Crippen molar-refractivity contribution in [3.8, 4) is 5.75 Å². The number of hydrogen-bond donors (Lipinski definition) is 1. The van der Waals surface area contributed by atoms with Crippen molar-refractivity contribution in [2.75, 3.05) is 19.6 Å². The summed E-state index contributed by atoms with van der Waals surface area (Å²) in [5.74, 6) is -1.51. The topological polar surface area (TPSA) is 36.9 Å². The van der Waals surface area contributed by atoms with E-state index in [-0.39, 0.29) is 11.9 Å². The molecule has 1 aromatic carbocycles. The Morgan fingerprint density at radius 1 is 1.04 bits per heavy atom. The summed E-state index contributed by atoms with van der Waals surface area (Å²) in [7, 11) is 0. The van der Waals surface area contributed by atoms with Crippen molar-refractivity contribution in [2.45, 2.75) is 57.1 Å². The highest BCUT2D eigenvalue weighted by Crippen LogP contribution is 2.30. The normalized spacial score (nSPS) is 22.9. The Morgan fingerprint density at radius 3 is 2.32 bits per heavy atom. The van der Waals surface area contributed by atoms with Crippen LogP contribution >= 0.6 is 0 Å². The predicted octanol–water partition coefficient (Wildman–Crippen LogP) is 3.45. The van der Waals surface area contributed by atoms with Crippen LogP contribution in [-0.4, -0.2) is 42.4 Å². The molecular weight excluding hydrogens is 324 g/mol. The van der Waals surface area contributed by atoms with Gasteiger partial charge in [0, 0.05) is 31.2 Å². The molecule has 4 nitrogen and oxygen atoms in total. The molecule has 6 heteroatoms. The molecule has 1 N–H and O–H groups in total. The first-order valence-corrected chi connectivity index (χ1v) is 9.40. The van der Waals surface area contributed by atoms with Gasteiger partial charge in [-0.15, -0.1) is 0 Å². The van der Waals surface area contributed by atoms with E-state index < -0.39 is 11.6 Å². The van der Waals surface area contributed by atoms with Crippen molar-refractivity contribution < 1.29 is 13.5 Å². The summed E-state index contributed by atoms with van der Waals surface area (Å²) in [4.78, 5) is 2.49. The van der Waals surface area contributed by atoms with Gasteiger partial charge >= 0.3 is 0 Å². The van der Waals surface area contributed by atoms with Gasteiger partial charge in [0.15, 0.2) is 17.4 Å². The van der Waals surface area contributed by atoms with Crippen LogP contribution in [0.25, 0.3) is 0 Å². The number of ether oxygens (including phenoxy) is 1. The molecule has 0 unspecified atom stereocenters. The second kappa shape index (κ2) is 7.28. The first-order chi connectivity index (χ1) is 12.2. The number of halogens is 2. The van der Waals surface area contributed by atoms with Crippen LogP contribution in [0, 0.1) is 11.6 Å². The quantitative estimate of drug-likeness (QED) is 0.905. The van der Waals surface area contributed by atoms with Crippen molar-refractivity contribution in [3.63, 3.8) is 0 Å². The first kappa shape index (κ1) is 16.8. The molecule has 1 aliphatic carbocycles. The van der Waals surface area contributed by atoms with Gasteiger partial charge in [0.25, 0.3) is 0 Å². The lowest BCUT2D eigenvalue weighted by Crippen LogP contribution is -2.46. The Morgan fingerprint density at radius 2 is 1.76 bits per heavy atom. The highest BCUT2D eigenvalue weighted by molar-refractivity contribution is 6.00. The van der Waals surface area contributed by atoms with E-state index >= 15 is 0 Å². The van der Waals surface area contributed by atoms with Crippen molar-refractivity contribution in [1.29, 1.82) is 0 Å². The largest absolute Gasteiger partial charge is 0.484 e. The van der Waals surface area contributed by atoms with Gasteiger partial charge < -0.3 is 15.1 Å². The predicted molar refractivity (Wildman–Crippen MR) is 93.0 cm³/mol. The molecule has 0 amide bonds. The van der Waals surface area contributed by atoms with Crippen LogP contribution in [0.2, 0.25) is 0 Å². The van der Waals surface area contributed by atoms with Gasteiger partial charge in [-0.05, 0) is 50.7 Å². The van der Waals surface area contributed by atoms with E-state index in [0.29, 0.717) is 11.3 Å². The minimum absolute atomic E-state index is 0.111. The van der Waals surface area contributed by atoms with E-state index in [1.54, 1.807) is 0 Å². The van der Waals surface area contributed by atoms with Gasteiger partial charge in [0.05, 0.1) is 5.71 Å². The summed E-state index contributed by atoms with van der Waals surface area (Å²) < 4.78 is 34.6. The molecule has 1 saturated heterocycles. The van der Waals surface area contributed by atoms with Gasteiger partial charge in [0.2, 0.25) is 0 Å². The standard InChI is InChI=1S/C19H25F2N3O/c20-16-11-13(18-5-2-8-22-23-18)12-17(21)19(16)25-15-6-9-24(10-7-15)14-3-1-4-14/h11-12,14-15,22H,1-10H2. The summed E-state index contributed by atoms with van der Waals surface area (Å²) in [6.07, 6.45) is 7.08. The minimum atomic E-state index is -0.635. The molecule has 3 aliphatic rings. The van der Waals surface area contributed by atoms with E-state index in [9.17, 15) is 8.78 Å². The zero-order chi connectivity index (χ0) is 17.2.